The summed E-state index contributed by atoms with van der Waals surface area (Å²) in [6, 6.07) is 20.2. The molecule has 0 radical (unpaired) electrons. The highest BCUT2D eigenvalue weighted by Gasteiger charge is 2.40. The van der Waals surface area contributed by atoms with E-state index >= 15 is 0 Å². The minimum absolute atomic E-state index is 0.0919. The first kappa shape index (κ1) is 18.2. The Labute approximate surface area is 154 Å². The van der Waals surface area contributed by atoms with Crippen molar-refractivity contribution in [3.05, 3.63) is 71.8 Å². The number of benzene rings is 2. The Morgan fingerprint density at radius 2 is 1.65 bits per heavy atom. The SMILES string of the molecule is O=C(O)CCCN(Cc1ccccc1)C(=O)C[C@@H]1C[C@H]1c1ccccc1. The maximum absolute atomic E-state index is 12.8. The Bertz CT molecular complexity index is 730. The first-order chi connectivity index (χ1) is 12.6. The Morgan fingerprint density at radius 3 is 2.31 bits per heavy atom. The van der Waals surface area contributed by atoms with Crippen LogP contribution in [0.3, 0.4) is 0 Å². The van der Waals surface area contributed by atoms with Gasteiger partial charge in [0.25, 0.3) is 0 Å². The third-order valence-corrected chi connectivity index (χ3v) is 4.97. The van der Waals surface area contributed by atoms with Crippen LogP contribution in [0.15, 0.2) is 60.7 Å². The molecule has 136 valence electrons. The molecule has 0 aromatic heterocycles. The van der Waals surface area contributed by atoms with Gasteiger partial charge in [0.1, 0.15) is 0 Å². The number of hydrogen-bond donors (Lipinski definition) is 1. The molecular formula is C22H25NO3. The maximum Gasteiger partial charge on any atom is 0.303 e. The second kappa shape index (κ2) is 8.65. The number of aliphatic carboxylic acids is 1. The van der Waals surface area contributed by atoms with Gasteiger partial charge in [-0.2, -0.15) is 0 Å². The molecule has 0 heterocycles. The predicted molar refractivity (Wildman–Crippen MR) is 101 cm³/mol. The van der Waals surface area contributed by atoms with Crippen LogP contribution in [0.5, 0.6) is 0 Å². The monoisotopic (exact) mass is 351 g/mol. The van der Waals surface area contributed by atoms with Gasteiger partial charge < -0.3 is 10.0 Å². The molecule has 4 nitrogen and oxygen atoms in total. The Kier molecular flexibility index (Phi) is 6.05. The average molecular weight is 351 g/mol. The standard InChI is InChI=1S/C22H25NO3/c24-21(15-19-14-20(19)18-10-5-2-6-11-18)23(13-7-12-22(25)26)16-17-8-3-1-4-9-17/h1-6,8-11,19-20H,7,12-16H2,(H,25,26)/t19-,20-/m0/s1. The zero-order chi connectivity index (χ0) is 18.4. The third kappa shape index (κ3) is 5.19. The van der Waals surface area contributed by atoms with Crippen molar-refractivity contribution >= 4 is 11.9 Å². The Balaban J connectivity index is 1.58. The molecule has 1 saturated carbocycles. The van der Waals surface area contributed by atoms with Crippen LogP contribution >= 0.6 is 0 Å². The van der Waals surface area contributed by atoms with Gasteiger partial charge in [0.05, 0.1) is 0 Å². The lowest BCUT2D eigenvalue weighted by molar-refractivity contribution is -0.138. The normalized spacial score (nSPS) is 18.3. The van der Waals surface area contributed by atoms with E-state index in [9.17, 15) is 9.59 Å². The van der Waals surface area contributed by atoms with Crippen LogP contribution < -0.4 is 0 Å². The van der Waals surface area contributed by atoms with Crippen molar-refractivity contribution in [3.63, 3.8) is 0 Å². The van der Waals surface area contributed by atoms with Crippen LogP contribution in [0, 0.1) is 5.92 Å². The topological polar surface area (TPSA) is 57.6 Å². The van der Waals surface area contributed by atoms with E-state index < -0.39 is 5.97 Å². The fourth-order valence-electron chi connectivity index (χ4n) is 3.45. The quantitative estimate of drug-likeness (QED) is 0.741. The number of hydrogen-bond acceptors (Lipinski definition) is 2. The van der Waals surface area contributed by atoms with Gasteiger partial charge in [-0.25, -0.2) is 0 Å². The van der Waals surface area contributed by atoms with Crippen molar-refractivity contribution in [1.82, 2.24) is 4.90 Å². The summed E-state index contributed by atoms with van der Waals surface area (Å²) in [5.41, 5.74) is 2.39. The summed E-state index contributed by atoms with van der Waals surface area (Å²) in [6.45, 7) is 1.03. The first-order valence-corrected chi connectivity index (χ1v) is 9.22. The second-order valence-corrected chi connectivity index (χ2v) is 7.02. The molecule has 1 fully saturated rings. The molecule has 0 spiro atoms. The van der Waals surface area contributed by atoms with Gasteiger partial charge in [-0.1, -0.05) is 60.7 Å². The van der Waals surface area contributed by atoms with Crippen molar-refractivity contribution in [2.24, 2.45) is 5.92 Å². The molecule has 0 bridgehead atoms. The molecule has 2 aromatic rings. The van der Waals surface area contributed by atoms with Crippen LogP contribution in [-0.2, 0) is 16.1 Å². The van der Waals surface area contributed by atoms with E-state index in [-0.39, 0.29) is 12.3 Å². The number of carbonyl (C=O) groups is 2. The van der Waals surface area contributed by atoms with E-state index in [0.29, 0.717) is 37.8 Å². The van der Waals surface area contributed by atoms with Crippen LogP contribution in [-0.4, -0.2) is 28.4 Å². The van der Waals surface area contributed by atoms with Crippen LogP contribution in [0.25, 0.3) is 0 Å². The number of nitrogens with zero attached hydrogens (tertiary/aromatic N) is 1. The minimum Gasteiger partial charge on any atom is -0.481 e. The molecule has 26 heavy (non-hydrogen) atoms. The Hall–Kier alpha value is -2.62. The molecular weight excluding hydrogens is 326 g/mol. The highest BCUT2D eigenvalue weighted by atomic mass is 16.4. The summed E-state index contributed by atoms with van der Waals surface area (Å²) >= 11 is 0. The van der Waals surface area contributed by atoms with Crippen molar-refractivity contribution in [2.45, 2.75) is 38.1 Å². The molecule has 1 aliphatic carbocycles. The molecule has 0 saturated heterocycles. The lowest BCUT2D eigenvalue weighted by Crippen LogP contribution is -2.32. The van der Waals surface area contributed by atoms with E-state index in [1.807, 2.05) is 53.4 Å². The average Bonchev–Trinajstić information content (AvgIpc) is 3.41. The molecule has 1 N–H and O–H groups in total. The summed E-state index contributed by atoms with van der Waals surface area (Å²) in [7, 11) is 0. The minimum atomic E-state index is -0.816. The van der Waals surface area contributed by atoms with Crippen LogP contribution in [0.2, 0.25) is 0 Å². The number of carboxylic acid groups (broad SMARTS) is 1. The summed E-state index contributed by atoms with van der Waals surface area (Å²) < 4.78 is 0. The largest absolute Gasteiger partial charge is 0.481 e. The fraction of sp³-hybridized carbons (Fsp3) is 0.364. The fourth-order valence-corrected chi connectivity index (χ4v) is 3.45. The van der Waals surface area contributed by atoms with E-state index in [4.69, 9.17) is 5.11 Å². The lowest BCUT2D eigenvalue weighted by atomic mass is 10.1. The van der Waals surface area contributed by atoms with Gasteiger partial charge in [0, 0.05) is 25.9 Å². The van der Waals surface area contributed by atoms with Gasteiger partial charge in [0.15, 0.2) is 0 Å². The molecule has 4 heteroatoms. The van der Waals surface area contributed by atoms with Crippen molar-refractivity contribution in [1.29, 1.82) is 0 Å². The summed E-state index contributed by atoms with van der Waals surface area (Å²) in [4.78, 5) is 25.4. The Morgan fingerprint density at radius 1 is 1.00 bits per heavy atom. The molecule has 0 unspecified atom stereocenters. The van der Waals surface area contributed by atoms with E-state index in [1.54, 1.807) is 0 Å². The van der Waals surface area contributed by atoms with Gasteiger partial charge >= 0.3 is 5.97 Å². The van der Waals surface area contributed by atoms with Crippen molar-refractivity contribution in [2.75, 3.05) is 6.54 Å². The summed E-state index contributed by atoms with van der Waals surface area (Å²) in [5.74, 6) is 0.200. The molecule has 0 aliphatic heterocycles. The van der Waals surface area contributed by atoms with Gasteiger partial charge in [-0.05, 0) is 35.8 Å². The highest BCUT2D eigenvalue weighted by Crippen LogP contribution is 2.49. The summed E-state index contributed by atoms with van der Waals surface area (Å²) in [6.07, 6.45) is 2.18. The van der Waals surface area contributed by atoms with Crippen LogP contribution in [0.1, 0.15) is 42.7 Å². The van der Waals surface area contributed by atoms with E-state index in [0.717, 1.165) is 12.0 Å². The zero-order valence-electron chi connectivity index (χ0n) is 14.9. The molecule has 2 aromatic carbocycles. The molecule has 1 aliphatic rings. The van der Waals surface area contributed by atoms with E-state index in [1.165, 1.54) is 5.56 Å². The zero-order valence-corrected chi connectivity index (χ0v) is 14.9. The second-order valence-electron chi connectivity index (χ2n) is 7.02. The highest BCUT2D eigenvalue weighted by molar-refractivity contribution is 5.77. The van der Waals surface area contributed by atoms with Crippen molar-refractivity contribution in [3.8, 4) is 0 Å². The molecule has 2 atom stereocenters. The van der Waals surface area contributed by atoms with E-state index in [2.05, 4.69) is 12.1 Å². The maximum atomic E-state index is 12.8. The van der Waals surface area contributed by atoms with Crippen LogP contribution in [0.4, 0.5) is 0 Å². The van der Waals surface area contributed by atoms with Gasteiger partial charge in [-0.15, -0.1) is 0 Å². The number of amides is 1. The molecule has 1 amide bonds. The number of carboxylic acids is 1. The summed E-state index contributed by atoms with van der Waals surface area (Å²) in [5, 5.41) is 8.87. The van der Waals surface area contributed by atoms with Gasteiger partial charge in [0.2, 0.25) is 5.91 Å². The third-order valence-electron chi connectivity index (χ3n) is 4.97. The number of rotatable bonds is 9. The first-order valence-electron chi connectivity index (χ1n) is 9.22. The predicted octanol–water partition coefficient (Wildman–Crippen LogP) is 4.07. The van der Waals surface area contributed by atoms with Crippen molar-refractivity contribution < 1.29 is 14.7 Å². The lowest BCUT2D eigenvalue weighted by Gasteiger charge is -2.23. The van der Waals surface area contributed by atoms with Gasteiger partial charge in [-0.3, -0.25) is 9.59 Å². The smallest absolute Gasteiger partial charge is 0.303 e. The number of carbonyl (C=O) groups excluding carboxylic acids is 1. The molecule has 3 rings (SSSR count).